The predicted molar refractivity (Wildman–Crippen MR) is 147 cm³/mol. The molecule has 0 saturated carbocycles. The van der Waals surface area contributed by atoms with Crippen LogP contribution >= 0.6 is 0 Å². The SMILES string of the molecule is COc1ccc(-c2ccccc2[Si]2c3ccccc3-c3ccc(OC)cc32)c(-c2ccccc2)c1. The van der Waals surface area contributed by atoms with Gasteiger partial charge in [0, 0.05) is 0 Å². The lowest BCUT2D eigenvalue weighted by Gasteiger charge is -2.20. The number of hydrogen-bond acceptors (Lipinski definition) is 2. The highest BCUT2D eigenvalue weighted by Crippen LogP contribution is 2.35. The van der Waals surface area contributed by atoms with Crippen LogP contribution in [0.4, 0.5) is 0 Å². The molecule has 6 rings (SSSR count). The van der Waals surface area contributed by atoms with Gasteiger partial charge in [-0.2, -0.15) is 0 Å². The molecule has 1 aliphatic rings. The van der Waals surface area contributed by atoms with Gasteiger partial charge >= 0.3 is 0 Å². The maximum Gasteiger partial charge on any atom is 0.157 e. The summed E-state index contributed by atoms with van der Waals surface area (Å²) in [4.78, 5) is 0. The van der Waals surface area contributed by atoms with Crippen LogP contribution in [-0.2, 0) is 0 Å². The molecule has 0 saturated heterocycles. The minimum absolute atomic E-state index is 0.861. The first-order chi connectivity index (χ1) is 17.3. The summed E-state index contributed by atoms with van der Waals surface area (Å²) in [6, 6.07) is 41.3. The van der Waals surface area contributed by atoms with E-state index in [1.807, 2.05) is 0 Å². The summed E-state index contributed by atoms with van der Waals surface area (Å²) in [7, 11) is 2.23. The van der Waals surface area contributed by atoms with E-state index in [2.05, 4.69) is 115 Å². The van der Waals surface area contributed by atoms with E-state index in [9.17, 15) is 0 Å². The van der Waals surface area contributed by atoms with Crippen molar-refractivity contribution < 1.29 is 9.47 Å². The van der Waals surface area contributed by atoms with Crippen LogP contribution in [0.5, 0.6) is 11.5 Å². The van der Waals surface area contributed by atoms with Crippen molar-refractivity contribution in [2.75, 3.05) is 14.2 Å². The monoisotopic (exact) mass is 469 g/mol. The molecule has 5 aromatic rings. The average molecular weight is 470 g/mol. The van der Waals surface area contributed by atoms with E-state index in [0.29, 0.717) is 0 Å². The highest BCUT2D eigenvalue weighted by Gasteiger charge is 2.34. The first kappa shape index (κ1) is 21.5. The number of ether oxygens (including phenoxy) is 2. The highest BCUT2D eigenvalue weighted by atomic mass is 28.3. The number of fused-ring (bicyclic) bond motifs is 3. The Bertz CT molecular complexity index is 1520. The lowest BCUT2D eigenvalue weighted by Crippen LogP contribution is -2.49. The Morgan fingerprint density at radius 1 is 0.429 bits per heavy atom. The largest absolute Gasteiger partial charge is 0.497 e. The summed E-state index contributed by atoms with van der Waals surface area (Å²) in [5.74, 6) is 1.77. The standard InChI is InChI=1S/C32H25O2Si/c1-33-23-16-18-25(29(20-23)22-10-4-3-5-11-22)26-12-6-8-14-30(26)35-31-15-9-7-13-27(31)28-19-17-24(34-2)21-32(28)35/h3-21H,1-2H3. The molecule has 0 N–H and O–H groups in total. The Morgan fingerprint density at radius 3 is 1.60 bits per heavy atom. The summed E-state index contributed by atoms with van der Waals surface area (Å²) in [6.07, 6.45) is 0. The molecular weight excluding hydrogens is 444 g/mol. The van der Waals surface area contributed by atoms with Gasteiger partial charge in [0.15, 0.2) is 8.80 Å². The Labute approximate surface area is 208 Å². The van der Waals surface area contributed by atoms with Crippen LogP contribution < -0.4 is 25.0 Å². The Balaban J connectivity index is 1.60. The van der Waals surface area contributed by atoms with Crippen molar-refractivity contribution in [3.63, 3.8) is 0 Å². The van der Waals surface area contributed by atoms with Crippen molar-refractivity contribution in [2.24, 2.45) is 0 Å². The lowest BCUT2D eigenvalue weighted by molar-refractivity contribution is 0.415. The molecule has 0 atom stereocenters. The number of rotatable bonds is 5. The zero-order valence-corrected chi connectivity index (χ0v) is 20.8. The number of hydrogen-bond donors (Lipinski definition) is 0. The van der Waals surface area contributed by atoms with Crippen molar-refractivity contribution in [3.05, 3.63) is 115 Å². The summed E-state index contributed by atoms with van der Waals surface area (Å²) in [5.41, 5.74) is 7.52. The average Bonchev–Trinajstić information content (AvgIpc) is 3.26. The van der Waals surface area contributed by atoms with Gasteiger partial charge in [-0.05, 0) is 73.2 Å². The van der Waals surface area contributed by atoms with Gasteiger partial charge in [0.2, 0.25) is 0 Å². The molecule has 35 heavy (non-hydrogen) atoms. The van der Waals surface area contributed by atoms with Crippen LogP contribution in [0.2, 0.25) is 0 Å². The third-order valence-corrected chi connectivity index (χ3v) is 9.68. The van der Waals surface area contributed by atoms with Gasteiger partial charge in [-0.15, -0.1) is 0 Å². The zero-order valence-electron chi connectivity index (χ0n) is 19.8. The minimum Gasteiger partial charge on any atom is -0.497 e. The normalized spacial score (nSPS) is 12.2. The molecule has 0 unspecified atom stereocenters. The first-order valence-electron chi connectivity index (χ1n) is 11.8. The molecular formula is C32H25O2Si. The summed E-state index contributed by atoms with van der Waals surface area (Å²) in [5, 5.41) is 4.21. The molecule has 0 amide bonds. The molecule has 3 heteroatoms. The molecule has 1 radical (unpaired) electrons. The molecule has 0 aliphatic carbocycles. The van der Waals surface area contributed by atoms with E-state index in [1.54, 1.807) is 14.2 Å². The molecule has 0 aromatic heterocycles. The fourth-order valence-corrected chi connectivity index (χ4v) is 8.29. The molecule has 1 heterocycles. The van der Waals surface area contributed by atoms with Crippen molar-refractivity contribution in [3.8, 4) is 44.9 Å². The van der Waals surface area contributed by atoms with Gasteiger partial charge in [0.25, 0.3) is 0 Å². The van der Waals surface area contributed by atoms with Crippen LogP contribution in [0.25, 0.3) is 33.4 Å². The van der Waals surface area contributed by atoms with E-state index >= 15 is 0 Å². The second-order valence-corrected chi connectivity index (χ2v) is 11.0. The molecule has 0 spiro atoms. The van der Waals surface area contributed by atoms with Gasteiger partial charge in [0.1, 0.15) is 11.5 Å². The first-order valence-corrected chi connectivity index (χ1v) is 13.3. The quantitative estimate of drug-likeness (QED) is 0.309. The smallest absolute Gasteiger partial charge is 0.157 e. The molecule has 5 aromatic carbocycles. The van der Waals surface area contributed by atoms with Crippen molar-refractivity contribution >= 4 is 24.4 Å². The van der Waals surface area contributed by atoms with Crippen LogP contribution in [0.15, 0.2) is 115 Å². The summed E-state index contributed by atoms with van der Waals surface area (Å²) >= 11 is 0. The second kappa shape index (κ2) is 8.93. The summed E-state index contributed by atoms with van der Waals surface area (Å²) < 4.78 is 11.3. The lowest BCUT2D eigenvalue weighted by atomic mass is 9.94. The van der Waals surface area contributed by atoms with E-state index in [1.165, 1.54) is 48.9 Å². The van der Waals surface area contributed by atoms with Gasteiger partial charge in [-0.25, -0.2) is 0 Å². The topological polar surface area (TPSA) is 18.5 Å². The molecule has 2 nitrogen and oxygen atoms in total. The predicted octanol–water partition coefficient (Wildman–Crippen LogP) is 5.53. The number of methoxy groups -OCH3 is 2. The van der Waals surface area contributed by atoms with Crippen LogP contribution in [0.1, 0.15) is 0 Å². The van der Waals surface area contributed by atoms with Crippen LogP contribution in [0.3, 0.4) is 0 Å². The Morgan fingerprint density at radius 2 is 0.943 bits per heavy atom. The van der Waals surface area contributed by atoms with Crippen molar-refractivity contribution in [1.29, 1.82) is 0 Å². The van der Waals surface area contributed by atoms with Gasteiger partial charge in [-0.1, -0.05) is 91.0 Å². The van der Waals surface area contributed by atoms with Crippen LogP contribution in [-0.4, -0.2) is 23.0 Å². The van der Waals surface area contributed by atoms with Crippen molar-refractivity contribution in [1.82, 2.24) is 0 Å². The maximum absolute atomic E-state index is 5.64. The fraction of sp³-hybridized carbons (Fsp3) is 0.0625. The number of benzene rings is 5. The molecule has 1 aliphatic heterocycles. The molecule has 169 valence electrons. The second-order valence-electron chi connectivity index (χ2n) is 8.66. The van der Waals surface area contributed by atoms with E-state index in [-0.39, 0.29) is 0 Å². The van der Waals surface area contributed by atoms with Crippen molar-refractivity contribution in [2.45, 2.75) is 0 Å². The Hall–Kier alpha value is -4.08. The van der Waals surface area contributed by atoms with Gasteiger partial charge < -0.3 is 9.47 Å². The van der Waals surface area contributed by atoms with Gasteiger partial charge in [0.05, 0.1) is 14.2 Å². The summed E-state index contributed by atoms with van der Waals surface area (Å²) in [6.45, 7) is 0. The van der Waals surface area contributed by atoms with E-state index in [0.717, 1.165) is 11.5 Å². The zero-order chi connectivity index (χ0) is 23.8. The highest BCUT2D eigenvalue weighted by molar-refractivity contribution is 6.99. The molecule has 0 bridgehead atoms. The Kier molecular flexibility index (Phi) is 5.48. The molecule has 0 fully saturated rings. The third-order valence-electron chi connectivity index (χ3n) is 6.78. The minimum atomic E-state index is -1.24. The van der Waals surface area contributed by atoms with Gasteiger partial charge in [-0.3, -0.25) is 0 Å². The fourth-order valence-electron chi connectivity index (χ4n) is 5.14. The maximum atomic E-state index is 5.64. The van der Waals surface area contributed by atoms with Crippen LogP contribution in [0, 0.1) is 0 Å². The third kappa shape index (κ3) is 3.65. The van der Waals surface area contributed by atoms with E-state index in [4.69, 9.17) is 9.47 Å². The van der Waals surface area contributed by atoms with E-state index < -0.39 is 8.80 Å².